The second-order valence-electron chi connectivity index (χ2n) is 5.20. The van der Waals surface area contributed by atoms with Crippen molar-refractivity contribution in [1.29, 1.82) is 0 Å². The number of hydrogen-bond donors (Lipinski definition) is 3. The van der Waals surface area contributed by atoms with Crippen LogP contribution in [0.3, 0.4) is 0 Å². The Morgan fingerprint density at radius 3 is 2.67 bits per heavy atom. The van der Waals surface area contributed by atoms with E-state index in [4.69, 9.17) is 23.2 Å². The van der Waals surface area contributed by atoms with Crippen molar-refractivity contribution in [3.63, 3.8) is 0 Å². The first-order chi connectivity index (χ1) is 11.3. The second kappa shape index (κ2) is 8.32. The first-order valence-electron chi connectivity index (χ1n) is 7.10. The van der Waals surface area contributed by atoms with Crippen molar-refractivity contribution < 1.29 is 9.59 Å². The molecule has 1 heterocycles. The Balaban J connectivity index is 1.93. The lowest BCUT2D eigenvalue weighted by Gasteiger charge is -2.08. The van der Waals surface area contributed by atoms with Crippen LogP contribution in [-0.2, 0) is 4.79 Å². The highest BCUT2D eigenvalue weighted by atomic mass is 35.5. The molecule has 0 aliphatic rings. The molecule has 0 saturated carbocycles. The molecule has 2 rings (SSSR count). The molecule has 2 amide bonds. The summed E-state index contributed by atoms with van der Waals surface area (Å²) in [6, 6.07) is 5.11. The fourth-order valence-corrected chi connectivity index (χ4v) is 2.77. The molecule has 0 bridgehead atoms. The molecule has 0 unspecified atom stereocenters. The Morgan fingerprint density at radius 2 is 2.00 bits per heavy atom. The van der Waals surface area contributed by atoms with Crippen molar-refractivity contribution in [3.8, 4) is 0 Å². The number of amides is 2. The molecule has 0 saturated heterocycles. The molecule has 1 aromatic heterocycles. The van der Waals surface area contributed by atoms with E-state index < -0.39 is 5.91 Å². The third kappa shape index (κ3) is 5.36. The molecular formula is C15H16Cl2N4O2S. The SMILES string of the molecule is CC(C)NC(=O)CNC(=O)c1csc(Nc2ccc(Cl)c(Cl)c2)n1. The molecule has 0 spiro atoms. The highest BCUT2D eigenvalue weighted by Gasteiger charge is 2.13. The fourth-order valence-electron chi connectivity index (χ4n) is 1.76. The zero-order valence-corrected chi connectivity index (χ0v) is 15.4. The maximum Gasteiger partial charge on any atom is 0.271 e. The van der Waals surface area contributed by atoms with E-state index in [0.717, 1.165) is 0 Å². The van der Waals surface area contributed by atoms with E-state index in [2.05, 4.69) is 20.9 Å². The number of rotatable bonds is 6. The summed E-state index contributed by atoms with van der Waals surface area (Å²) in [7, 11) is 0. The first kappa shape index (κ1) is 18.5. The van der Waals surface area contributed by atoms with Gasteiger partial charge >= 0.3 is 0 Å². The Labute approximate surface area is 153 Å². The van der Waals surface area contributed by atoms with E-state index in [0.29, 0.717) is 20.9 Å². The molecule has 0 aliphatic carbocycles. The summed E-state index contributed by atoms with van der Waals surface area (Å²) in [5.41, 5.74) is 0.946. The summed E-state index contributed by atoms with van der Waals surface area (Å²) in [5, 5.41) is 11.3. The predicted molar refractivity (Wildman–Crippen MR) is 97.5 cm³/mol. The Bertz CT molecular complexity index is 749. The average molecular weight is 387 g/mol. The summed E-state index contributed by atoms with van der Waals surface area (Å²) in [5.74, 6) is -0.657. The smallest absolute Gasteiger partial charge is 0.271 e. The van der Waals surface area contributed by atoms with Gasteiger partial charge in [0.15, 0.2) is 5.13 Å². The number of hydrogen-bond acceptors (Lipinski definition) is 5. The van der Waals surface area contributed by atoms with Gasteiger partial charge in [0.1, 0.15) is 5.69 Å². The van der Waals surface area contributed by atoms with Crippen molar-refractivity contribution in [2.45, 2.75) is 19.9 Å². The predicted octanol–water partition coefficient (Wildman–Crippen LogP) is 3.45. The van der Waals surface area contributed by atoms with Gasteiger partial charge in [-0.25, -0.2) is 4.98 Å². The minimum atomic E-state index is -0.410. The van der Waals surface area contributed by atoms with E-state index in [1.54, 1.807) is 23.6 Å². The van der Waals surface area contributed by atoms with Crippen LogP contribution >= 0.6 is 34.5 Å². The molecule has 0 atom stereocenters. The number of aromatic nitrogens is 1. The van der Waals surface area contributed by atoms with Gasteiger partial charge in [0.2, 0.25) is 5.91 Å². The van der Waals surface area contributed by atoms with Gasteiger partial charge in [-0.15, -0.1) is 11.3 Å². The molecule has 0 aliphatic heterocycles. The van der Waals surface area contributed by atoms with Crippen molar-refractivity contribution >= 4 is 57.2 Å². The molecular weight excluding hydrogens is 371 g/mol. The standard InChI is InChI=1S/C15H16Cl2N4O2S/c1-8(2)19-13(22)6-18-14(23)12-7-24-15(21-12)20-9-3-4-10(16)11(17)5-9/h3-5,7-8H,6H2,1-2H3,(H,18,23)(H,19,22)(H,20,21). The summed E-state index contributed by atoms with van der Waals surface area (Å²) in [6.45, 7) is 3.60. The Morgan fingerprint density at radius 1 is 1.25 bits per heavy atom. The average Bonchev–Trinajstić information content (AvgIpc) is 2.96. The number of nitrogens with zero attached hydrogens (tertiary/aromatic N) is 1. The normalized spacial score (nSPS) is 10.5. The quantitative estimate of drug-likeness (QED) is 0.709. The maximum atomic E-state index is 12.0. The van der Waals surface area contributed by atoms with Crippen LogP contribution in [-0.4, -0.2) is 29.4 Å². The third-order valence-corrected chi connectivity index (χ3v) is 4.26. The topological polar surface area (TPSA) is 83.1 Å². The van der Waals surface area contributed by atoms with E-state index in [1.807, 2.05) is 13.8 Å². The highest BCUT2D eigenvalue weighted by Crippen LogP contribution is 2.28. The van der Waals surface area contributed by atoms with Crippen LogP contribution in [0.25, 0.3) is 0 Å². The minimum Gasteiger partial charge on any atom is -0.352 e. The van der Waals surface area contributed by atoms with Gasteiger partial charge in [-0.3, -0.25) is 9.59 Å². The maximum absolute atomic E-state index is 12.0. The van der Waals surface area contributed by atoms with Crippen molar-refractivity contribution in [2.75, 3.05) is 11.9 Å². The number of anilines is 2. The minimum absolute atomic E-state index is 0.0238. The first-order valence-corrected chi connectivity index (χ1v) is 8.74. The van der Waals surface area contributed by atoms with Crippen LogP contribution in [0.2, 0.25) is 10.0 Å². The van der Waals surface area contributed by atoms with Crippen molar-refractivity contribution in [3.05, 3.63) is 39.3 Å². The Hall–Kier alpha value is -1.83. The van der Waals surface area contributed by atoms with Gasteiger partial charge in [-0.05, 0) is 32.0 Å². The van der Waals surface area contributed by atoms with E-state index in [1.165, 1.54) is 11.3 Å². The highest BCUT2D eigenvalue weighted by molar-refractivity contribution is 7.14. The molecule has 128 valence electrons. The van der Waals surface area contributed by atoms with E-state index >= 15 is 0 Å². The number of carbonyl (C=O) groups is 2. The molecule has 0 fully saturated rings. The lowest BCUT2D eigenvalue weighted by molar-refractivity contribution is -0.120. The fraction of sp³-hybridized carbons (Fsp3) is 0.267. The molecule has 24 heavy (non-hydrogen) atoms. The van der Waals surface area contributed by atoms with E-state index in [-0.39, 0.29) is 24.2 Å². The summed E-state index contributed by atoms with van der Waals surface area (Å²) < 4.78 is 0. The van der Waals surface area contributed by atoms with Gasteiger partial charge in [-0.1, -0.05) is 23.2 Å². The molecule has 6 nitrogen and oxygen atoms in total. The van der Waals surface area contributed by atoms with Gasteiger partial charge in [-0.2, -0.15) is 0 Å². The van der Waals surface area contributed by atoms with E-state index in [9.17, 15) is 9.59 Å². The molecule has 3 N–H and O–H groups in total. The van der Waals surface area contributed by atoms with Gasteiger partial charge in [0, 0.05) is 17.1 Å². The number of benzene rings is 1. The Kier molecular flexibility index (Phi) is 6.42. The molecule has 9 heteroatoms. The summed E-state index contributed by atoms with van der Waals surface area (Å²) in [4.78, 5) is 27.7. The van der Waals surface area contributed by atoms with Crippen LogP contribution in [0.1, 0.15) is 24.3 Å². The molecule has 2 aromatic rings. The zero-order valence-electron chi connectivity index (χ0n) is 13.0. The van der Waals surface area contributed by atoms with Gasteiger partial charge < -0.3 is 16.0 Å². The molecule has 0 radical (unpaired) electrons. The third-order valence-electron chi connectivity index (χ3n) is 2.77. The monoisotopic (exact) mass is 386 g/mol. The lowest BCUT2D eigenvalue weighted by Crippen LogP contribution is -2.39. The largest absolute Gasteiger partial charge is 0.352 e. The van der Waals surface area contributed by atoms with Crippen LogP contribution < -0.4 is 16.0 Å². The molecule has 1 aromatic carbocycles. The number of carbonyl (C=O) groups excluding carboxylic acids is 2. The lowest BCUT2D eigenvalue weighted by atomic mass is 10.3. The van der Waals surface area contributed by atoms with Crippen molar-refractivity contribution in [2.24, 2.45) is 0 Å². The van der Waals surface area contributed by atoms with Gasteiger partial charge in [0.05, 0.1) is 16.6 Å². The van der Waals surface area contributed by atoms with Crippen LogP contribution in [0, 0.1) is 0 Å². The van der Waals surface area contributed by atoms with Gasteiger partial charge in [0.25, 0.3) is 5.91 Å². The summed E-state index contributed by atoms with van der Waals surface area (Å²) in [6.07, 6.45) is 0. The summed E-state index contributed by atoms with van der Waals surface area (Å²) >= 11 is 13.1. The number of thiazole rings is 1. The van der Waals surface area contributed by atoms with Crippen LogP contribution in [0.4, 0.5) is 10.8 Å². The second-order valence-corrected chi connectivity index (χ2v) is 6.87. The van der Waals surface area contributed by atoms with Crippen LogP contribution in [0.15, 0.2) is 23.6 Å². The zero-order chi connectivity index (χ0) is 17.7. The number of nitrogens with one attached hydrogen (secondary N) is 3. The number of halogens is 2. The van der Waals surface area contributed by atoms with Crippen LogP contribution in [0.5, 0.6) is 0 Å². The van der Waals surface area contributed by atoms with Crippen molar-refractivity contribution in [1.82, 2.24) is 15.6 Å².